The summed E-state index contributed by atoms with van der Waals surface area (Å²) in [5.41, 5.74) is 2.42. The molecule has 0 aromatic heterocycles. The molecule has 0 bridgehead atoms. The molecule has 0 radical (unpaired) electrons. The molecule has 0 fully saturated rings. The maximum absolute atomic E-state index is 11.5. The van der Waals surface area contributed by atoms with Crippen molar-refractivity contribution in [2.45, 2.75) is 32.7 Å². The molecule has 88 valence electrons. The summed E-state index contributed by atoms with van der Waals surface area (Å²) in [4.78, 5) is 11.5. The second kappa shape index (κ2) is 7.44. The zero-order chi connectivity index (χ0) is 11.8. The molecule has 0 unspecified atom stereocenters. The Morgan fingerprint density at radius 3 is 2.75 bits per heavy atom. The van der Waals surface area contributed by atoms with Crippen LogP contribution in [0.3, 0.4) is 0 Å². The molecule has 16 heavy (non-hydrogen) atoms. The smallest absolute Gasteiger partial charge is 0.220 e. The molecule has 1 amide bonds. The minimum Gasteiger partial charge on any atom is -0.352 e. The fraction of sp³-hybridized carbons (Fsp3) is 0.462. The Bertz CT molecular complexity index is 338. The monoisotopic (exact) mass is 283 g/mol. The summed E-state index contributed by atoms with van der Waals surface area (Å²) in [6.45, 7) is 2.70. The molecule has 0 saturated heterocycles. The minimum absolute atomic E-state index is 0.143. The third kappa shape index (κ3) is 4.79. The fourth-order valence-corrected chi connectivity index (χ4v) is 1.87. The number of benzene rings is 1. The number of nitrogens with one attached hydrogen (secondary N) is 1. The van der Waals surface area contributed by atoms with E-state index < -0.39 is 0 Å². The van der Waals surface area contributed by atoms with Gasteiger partial charge in [-0.1, -0.05) is 40.2 Å². The van der Waals surface area contributed by atoms with Gasteiger partial charge in [0, 0.05) is 18.3 Å². The van der Waals surface area contributed by atoms with Gasteiger partial charge in [-0.15, -0.1) is 0 Å². The summed E-state index contributed by atoms with van der Waals surface area (Å²) in [6, 6.07) is 8.12. The van der Waals surface area contributed by atoms with E-state index in [0.29, 0.717) is 13.0 Å². The van der Waals surface area contributed by atoms with Gasteiger partial charge in [-0.2, -0.15) is 0 Å². The van der Waals surface area contributed by atoms with E-state index in [1.807, 2.05) is 18.2 Å². The average Bonchev–Trinajstić information content (AvgIpc) is 2.28. The molecule has 0 saturated carbocycles. The van der Waals surface area contributed by atoms with Gasteiger partial charge in [0.2, 0.25) is 5.91 Å². The van der Waals surface area contributed by atoms with Crippen LogP contribution in [0.15, 0.2) is 24.3 Å². The molecule has 0 aliphatic heterocycles. The van der Waals surface area contributed by atoms with Gasteiger partial charge in [0.1, 0.15) is 0 Å². The highest BCUT2D eigenvalue weighted by atomic mass is 79.9. The number of aryl methyl sites for hydroxylation is 1. The summed E-state index contributed by atoms with van der Waals surface area (Å²) in [5, 5.41) is 3.91. The molecule has 1 aromatic rings. The van der Waals surface area contributed by atoms with E-state index in [-0.39, 0.29) is 5.91 Å². The van der Waals surface area contributed by atoms with E-state index >= 15 is 0 Å². The molecule has 0 atom stereocenters. The van der Waals surface area contributed by atoms with Crippen LogP contribution in [-0.4, -0.2) is 11.2 Å². The van der Waals surface area contributed by atoms with Crippen molar-refractivity contribution in [1.29, 1.82) is 0 Å². The standard InChI is InChI=1S/C13H18BrNO/c1-11-6-2-3-7-12(11)10-15-13(16)8-4-5-9-14/h2-3,6-7H,4-5,8-10H2,1H3,(H,15,16). The maximum atomic E-state index is 11.5. The largest absolute Gasteiger partial charge is 0.352 e. The number of carbonyl (C=O) groups is 1. The molecule has 3 heteroatoms. The molecule has 1 rings (SSSR count). The van der Waals surface area contributed by atoms with Crippen LogP contribution in [0.5, 0.6) is 0 Å². The van der Waals surface area contributed by atoms with Crippen LogP contribution < -0.4 is 5.32 Å². The van der Waals surface area contributed by atoms with E-state index in [0.717, 1.165) is 18.2 Å². The second-order valence-corrected chi connectivity index (χ2v) is 4.64. The van der Waals surface area contributed by atoms with Crippen molar-refractivity contribution >= 4 is 21.8 Å². The summed E-state index contributed by atoms with van der Waals surface area (Å²) in [7, 11) is 0. The van der Waals surface area contributed by atoms with Crippen molar-refractivity contribution in [3.63, 3.8) is 0 Å². The number of alkyl halides is 1. The first kappa shape index (κ1) is 13.2. The molecule has 1 N–H and O–H groups in total. The highest BCUT2D eigenvalue weighted by molar-refractivity contribution is 9.09. The number of amides is 1. The van der Waals surface area contributed by atoms with Crippen molar-refractivity contribution in [3.05, 3.63) is 35.4 Å². The predicted octanol–water partition coefficient (Wildman–Crippen LogP) is 3.18. The summed E-state index contributed by atoms with van der Waals surface area (Å²) in [6.07, 6.45) is 2.63. The summed E-state index contributed by atoms with van der Waals surface area (Å²) in [5.74, 6) is 0.143. The first-order valence-corrected chi connectivity index (χ1v) is 6.73. The molecule has 2 nitrogen and oxygen atoms in total. The molecule has 1 aromatic carbocycles. The van der Waals surface area contributed by atoms with Crippen LogP contribution in [0.2, 0.25) is 0 Å². The zero-order valence-electron chi connectivity index (χ0n) is 9.63. The van der Waals surface area contributed by atoms with Gasteiger partial charge in [-0.3, -0.25) is 4.79 Å². The van der Waals surface area contributed by atoms with E-state index in [1.54, 1.807) is 0 Å². The Hall–Kier alpha value is -0.830. The lowest BCUT2D eigenvalue weighted by atomic mass is 10.1. The van der Waals surface area contributed by atoms with E-state index in [1.165, 1.54) is 11.1 Å². The molecule has 0 spiro atoms. The third-order valence-corrected chi connectivity index (χ3v) is 3.09. The van der Waals surface area contributed by atoms with Crippen molar-refractivity contribution < 1.29 is 4.79 Å². The van der Waals surface area contributed by atoms with Gasteiger partial charge in [0.25, 0.3) is 0 Å². The van der Waals surface area contributed by atoms with Crippen molar-refractivity contribution in [2.24, 2.45) is 0 Å². The lowest BCUT2D eigenvalue weighted by molar-refractivity contribution is -0.121. The number of hydrogen-bond acceptors (Lipinski definition) is 1. The quantitative estimate of drug-likeness (QED) is 0.631. The Kier molecular flexibility index (Phi) is 6.16. The van der Waals surface area contributed by atoms with Crippen LogP contribution in [0, 0.1) is 6.92 Å². The Morgan fingerprint density at radius 2 is 2.06 bits per heavy atom. The lowest BCUT2D eigenvalue weighted by Gasteiger charge is -2.07. The summed E-state index contributed by atoms with van der Waals surface area (Å²) >= 11 is 3.35. The van der Waals surface area contributed by atoms with Crippen LogP contribution in [0.4, 0.5) is 0 Å². The highest BCUT2D eigenvalue weighted by Crippen LogP contribution is 2.06. The number of carbonyl (C=O) groups excluding carboxylic acids is 1. The fourth-order valence-electron chi connectivity index (χ4n) is 1.47. The van der Waals surface area contributed by atoms with Crippen LogP contribution in [0.25, 0.3) is 0 Å². The van der Waals surface area contributed by atoms with Gasteiger partial charge < -0.3 is 5.32 Å². The Labute approximate surface area is 106 Å². The molecular formula is C13H18BrNO. The third-order valence-electron chi connectivity index (χ3n) is 2.52. The van der Waals surface area contributed by atoms with Gasteiger partial charge in [-0.25, -0.2) is 0 Å². The lowest BCUT2D eigenvalue weighted by Crippen LogP contribution is -2.22. The van der Waals surface area contributed by atoms with Gasteiger partial charge in [-0.05, 0) is 30.9 Å². The Balaban J connectivity index is 2.29. The number of halogens is 1. The number of rotatable bonds is 6. The van der Waals surface area contributed by atoms with Crippen molar-refractivity contribution in [2.75, 3.05) is 5.33 Å². The first-order chi connectivity index (χ1) is 7.74. The molecule has 0 aliphatic rings. The van der Waals surface area contributed by atoms with E-state index in [2.05, 4.69) is 34.2 Å². The normalized spacial score (nSPS) is 10.1. The van der Waals surface area contributed by atoms with Crippen LogP contribution in [0.1, 0.15) is 30.4 Å². The zero-order valence-corrected chi connectivity index (χ0v) is 11.2. The number of hydrogen-bond donors (Lipinski definition) is 1. The maximum Gasteiger partial charge on any atom is 0.220 e. The number of unbranched alkanes of at least 4 members (excludes halogenated alkanes) is 1. The molecule has 0 aliphatic carbocycles. The average molecular weight is 284 g/mol. The van der Waals surface area contributed by atoms with Crippen LogP contribution in [-0.2, 0) is 11.3 Å². The topological polar surface area (TPSA) is 29.1 Å². The Morgan fingerprint density at radius 1 is 1.31 bits per heavy atom. The molecule has 0 heterocycles. The predicted molar refractivity (Wildman–Crippen MR) is 70.7 cm³/mol. The first-order valence-electron chi connectivity index (χ1n) is 5.61. The van der Waals surface area contributed by atoms with E-state index in [4.69, 9.17) is 0 Å². The van der Waals surface area contributed by atoms with Crippen molar-refractivity contribution in [3.8, 4) is 0 Å². The van der Waals surface area contributed by atoms with Gasteiger partial charge in [0.15, 0.2) is 0 Å². The van der Waals surface area contributed by atoms with Crippen LogP contribution >= 0.6 is 15.9 Å². The minimum atomic E-state index is 0.143. The SMILES string of the molecule is Cc1ccccc1CNC(=O)CCCCBr. The molecular weight excluding hydrogens is 266 g/mol. The highest BCUT2D eigenvalue weighted by Gasteiger charge is 2.02. The van der Waals surface area contributed by atoms with Gasteiger partial charge in [0.05, 0.1) is 0 Å². The van der Waals surface area contributed by atoms with E-state index in [9.17, 15) is 4.79 Å². The van der Waals surface area contributed by atoms with Gasteiger partial charge >= 0.3 is 0 Å². The van der Waals surface area contributed by atoms with Crippen molar-refractivity contribution in [1.82, 2.24) is 5.32 Å². The summed E-state index contributed by atoms with van der Waals surface area (Å²) < 4.78 is 0. The second-order valence-electron chi connectivity index (χ2n) is 3.85.